The number of hydrogen-bond donors (Lipinski definition) is 0. The third-order valence-electron chi connectivity index (χ3n) is 5.29. The van der Waals surface area contributed by atoms with Gasteiger partial charge in [-0.1, -0.05) is 36.4 Å². The maximum absolute atomic E-state index is 13.0. The number of likely N-dealkylation sites (tertiary alicyclic amines) is 1. The standard InChI is InChI=1S/C21H21N5O3/c27-20(14-26-23-21(22-24-26)15-5-2-1-3-6-15)25-10-4-7-17(25)16-8-9-18-19(13-16)29-12-11-28-18/h1-3,5-6,8-9,13,17H,4,7,10-12,14H2/t17-/m1/s1. The molecule has 2 aromatic carbocycles. The number of rotatable bonds is 4. The molecule has 0 saturated carbocycles. The monoisotopic (exact) mass is 391 g/mol. The lowest BCUT2D eigenvalue weighted by Crippen LogP contribution is -2.34. The largest absolute Gasteiger partial charge is 0.486 e. The molecule has 5 rings (SSSR count). The number of fused-ring (bicyclic) bond motifs is 1. The van der Waals surface area contributed by atoms with Crippen LogP contribution in [-0.4, -0.2) is 50.8 Å². The molecule has 0 N–H and O–H groups in total. The molecule has 0 bridgehead atoms. The Hall–Kier alpha value is -3.42. The van der Waals surface area contributed by atoms with E-state index in [1.807, 2.05) is 53.4 Å². The molecule has 1 amide bonds. The molecule has 1 fully saturated rings. The third-order valence-corrected chi connectivity index (χ3v) is 5.29. The number of ether oxygens (including phenoxy) is 2. The van der Waals surface area contributed by atoms with Crippen molar-refractivity contribution < 1.29 is 14.3 Å². The Labute approximate surface area is 168 Å². The number of amides is 1. The third kappa shape index (κ3) is 3.53. The molecular formula is C21H21N5O3. The van der Waals surface area contributed by atoms with Gasteiger partial charge in [-0.3, -0.25) is 4.79 Å². The van der Waals surface area contributed by atoms with Gasteiger partial charge in [0.1, 0.15) is 19.8 Å². The highest BCUT2D eigenvalue weighted by molar-refractivity contribution is 5.76. The number of carbonyl (C=O) groups excluding carboxylic acids is 1. The fourth-order valence-corrected chi connectivity index (χ4v) is 3.90. The van der Waals surface area contributed by atoms with E-state index in [0.717, 1.165) is 42.0 Å². The van der Waals surface area contributed by atoms with E-state index < -0.39 is 0 Å². The molecule has 1 saturated heterocycles. The minimum Gasteiger partial charge on any atom is -0.486 e. The molecule has 2 aliphatic rings. The lowest BCUT2D eigenvalue weighted by molar-refractivity contribution is -0.133. The summed E-state index contributed by atoms with van der Waals surface area (Å²) in [5, 5.41) is 12.5. The topological polar surface area (TPSA) is 82.4 Å². The van der Waals surface area contributed by atoms with Gasteiger partial charge in [-0.15, -0.1) is 10.2 Å². The van der Waals surface area contributed by atoms with Crippen molar-refractivity contribution in [1.29, 1.82) is 0 Å². The van der Waals surface area contributed by atoms with Crippen molar-refractivity contribution in [3.63, 3.8) is 0 Å². The number of tetrazole rings is 1. The molecule has 2 aliphatic heterocycles. The van der Waals surface area contributed by atoms with Gasteiger partial charge < -0.3 is 14.4 Å². The maximum Gasteiger partial charge on any atom is 0.246 e. The van der Waals surface area contributed by atoms with Crippen LogP contribution < -0.4 is 9.47 Å². The fourth-order valence-electron chi connectivity index (χ4n) is 3.90. The molecule has 1 atom stereocenters. The van der Waals surface area contributed by atoms with Crippen LogP contribution in [0.2, 0.25) is 0 Å². The van der Waals surface area contributed by atoms with E-state index in [1.165, 1.54) is 4.80 Å². The average molecular weight is 391 g/mol. The van der Waals surface area contributed by atoms with Crippen LogP contribution in [0.4, 0.5) is 0 Å². The highest BCUT2D eigenvalue weighted by Crippen LogP contribution is 2.38. The van der Waals surface area contributed by atoms with E-state index in [0.29, 0.717) is 19.0 Å². The quantitative estimate of drug-likeness (QED) is 0.680. The molecule has 0 aliphatic carbocycles. The van der Waals surface area contributed by atoms with Gasteiger partial charge in [0.05, 0.1) is 6.04 Å². The second kappa shape index (κ2) is 7.54. The summed E-state index contributed by atoms with van der Waals surface area (Å²) in [6, 6.07) is 15.6. The van der Waals surface area contributed by atoms with Gasteiger partial charge in [-0.2, -0.15) is 4.80 Å². The van der Waals surface area contributed by atoms with Crippen LogP contribution in [0, 0.1) is 0 Å². The highest BCUT2D eigenvalue weighted by atomic mass is 16.6. The summed E-state index contributed by atoms with van der Waals surface area (Å²) in [5.41, 5.74) is 1.94. The zero-order valence-corrected chi connectivity index (χ0v) is 15.9. The van der Waals surface area contributed by atoms with E-state index in [2.05, 4.69) is 15.4 Å². The minimum absolute atomic E-state index is 0.0144. The smallest absolute Gasteiger partial charge is 0.246 e. The van der Waals surface area contributed by atoms with Crippen LogP contribution >= 0.6 is 0 Å². The lowest BCUT2D eigenvalue weighted by Gasteiger charge is -2.26. The van der Waals surface area contributed by atoms with Crippen molar-refractivity contribution in [1.82, 2.24) is 25.1 Å². The first-order chi connectivity index (χ1) is 14.3. The Kier molecular flexibility index (Phi) is 4.59. The van der Waals surface area contributed by atoms with Crippen LogP contribution in [0.1, 0.15) is 24.4 Å². The molecule has 8 heteroatoms. The minimum atomic E-state index is -0.0144. The summed E-state index contributed by atoms with van der Waals surface area (Å²) in [7, 11) is 0. The van der Waals surface area contributed by atoms with E-state index in [-0.39, 0.29) is 18.5 Å². The maximum atomic E-state index is 13.0. The molecule has 3 aromatic rings. The summed E-state index contributed by atoms with van der Waals surface area (Å²) in [5.74, 6) is 2.01. The van der Waals surface area contributed by atoms with Gasteiger partial charge in [-0.25, -0.2) is 0 Å². The van der Waals surface area contributed by atoms with Gasteiger partial charge in [-0.05, 0) is 35.8 Å². The molecule has 8 nitrogen and oxygen atoms in total. The second-order valence-corrected chi connectivity index (χ2v) is 7.16. The van der Waals surface area contributed by atoms with Crippen LogP contribution in [0.5, 0.6) is 11.5 Å². The summed E-state index contributed by atoms with van der Waals surface area (Å²) < 4.78 is 11.3. The average Bonchev–Trinajstić information content (AvgIpc) is 3.44. The van der Waals surface area contributed by atoms with Crippen LogP contribution in [0.25, 0.3) is 11.4 Å². The van der Waals surface area contributed by atoms with Crippen molar-refractivity contribution in [2.24, 2.45) is 0 Å². The first-order valence-electron chi connectivity index (χ1n) is 9.80. The Morgan fingerprint density at radius 3 is 2.76 bits per heavy atom. The van der Waals surface area contributed by atoms with Crippen molar-refractivity contribution in [2.45, 2.75) is 25.4 Å². The Morgan fingerprint density at radius 1 is 1.07 bits per heavy atom. The van der Waals surface area contributed by atoms with E-state index in [9.17, 15) is 4.79 Å². The fraction of sp³-hybridized carbons (Fsp3) is 0.333. The first-order valence-corrected chi connectivity index (χ1v) is 9.80. The Morgan fingerprint density at radius 2 is 1.90 bits per heavy atom. The number of aromatic nitrogens is 4. The second-order valence-electron chi connectivity index (χ2n) is 7.16. The van der Waals surface area contributed by atoms with Crippen molar-refractivity contribution >= 4 is 5.91 Å². The predicted molar refractivity (Wildman–Crippen MR) is 104 cm³/mol. The molecule has 0 unspecified atom stereocenters. The van der Waals surface area contributed by atoms with Gasteiger partial charge in [0.25, 0.3) is 0 Å². The summed E-state index contributed by atoms with van der Waals surface area (Å²) in [6.07, 6.45) is 1.89. The van der Waals surface area contributed by atoms with Crippen molar-refractivity contribution in [2.75, 3.05) is 19.8 Å². The molecule has 0 radical (unpaired) electrons. The number of benzene rings is 2. The Bertz CT molecular complexity index is 1020. The SMILES string of the molecule is O=C(Cn1nnc(-c2ccccc2)n1)N1CCC[C@@H]1c1ccc2c(c1)OCCO2. The van der Waals surface area contributed by atoms with Crippen molar-refractivity contribution in [3.8, 4) is 22.9 Å². The molecule has 3 heterocycles. The molecule has 0 spiro atoms. The Balaban J connectivity index is 1.31. The number of nitrogens with zero attached hydrogens (tertiary/aromatic N) is 5. The van der Waals surface area contributed by atoms with E-state index in [4.69, 9.17) is 9.47 Å². The molecule has 29 heavy (non-hydrogen) atoms. The van der Waals surface area contributed by atoms with Gasteiger partial charge in [0, 0.05) is 12.1 Å². The van der Waals surface area contributed by atoms with Crippen LogP contribution in [-0.2, 0) is 11.3 Å². The van der Waals surface area contributed by atoms with Gasteiger partial charge >= 0.3 is 0 Å². The summed E-state index contributed by atoms with van der Waals surface area (Å²) in [6.45, 7) is 1.90. The predicted octanol–water partition coefficient (Wildman–Crippen LogP) is 2.48. The van der Waals surface area contributed by atoms with E-state index >= 15 is 0 Å². The summed E-state index contributed by atoms with van der Waals surface area (Å²) >= 11 is 0. The highest BCUT2D eigenvalue weighted by Gasteiger charge is 2.31. The normalized spacial score (nSPS) is 18.1. The zero-order valence-electron chi connectivity index (χ0n) is 15.9. The lowest BCUT2D eigenvalue weighted by atomic mass is 10.0. The molecular weight excluding hydrogens is 370 g/mol. The molecule has 148 valence electrons. The van der Waals surface area contributed by atoms with Crippen LogP contribution in [0.15, 0.2) is 48.5 Å². The first kappa shape index (κ1) is 17.7. The molecule has 1 aromatic heterocycles. The number of carbonyl (C=O) groups is 1. The van der Waals surface area contributed by atoms with Gasteiger partial charge in [0.15, 0.2) is 11.5 Å². The van der Waals surface area contributed by atoms with Crippen LogP contribution in [0.3, 0.4) is 0 Å². The van der Waals surface area contributed by atoms with E-state index in [1.54, 1.807) is 0 Å². The number of hydrogen-bond acceptors (Lipinski definition) is 6. The summed E-state index contributed by atoms with van der Waals surface area (Å²) in [4.78, 5) is 16.2. The van der Waals surface area contributed by atoms with Crippen molar-refractivity contribution in [3.05, 3.63) is 54.1 Å². The van der Waals surface area contributed by atoms with Gasteiger partial charge in [0.2, 0.25) is 11.7 Å². The zero-order chi connectivity index (χ0) is 19.6.